The van der Waals surface area contributed by atoms with Crippen LogP contribution in [-0.4, -0.2) is 10.4 Å². The molecule has 0 heterocycles. The monoisotopic (exact) mass is 205 g/mol. The second-order valence-electron chi connectivity index (χ2n) is 3.78. The van der Waals surface area contributed by atoms with Crippen molar-refractivity contribution < 1.29 is 0 Å². The highest BCUT2D eigenvalue weighted by Gasteiger charge is 2.32. The van der Waals surface area contributed by atoms with E-state index in [9.17, 15) is 0 Å². The fraction of sp³-hybridized carbons (Fsp3) is 1.00. The summed E-state index contributed by atoms with van der Waals surface area (Å²) in [5, 5.41) is 0. The van der Waals surface area contributed by atoms with E-state index in [1.54, 1.807) is 0 Å². The normalized spacial score (nSPS) is 49.2. The van der Waals surface area contributed by atoms with E-state index in [1.165, 1.54) is 12.8 Å². The summed E-state index contributed by atoms with van der Waals surface area (Å²) in [5.41, 5.74) is 6.15. The lowest BCUT2D eigenvalue weighted by Gasteiger charge is -2.38. The first kappa shape index (κ1) is 8.54. The fourth-order valence-electron chi connectivity index (χ4n) is 1.48. The summed E-state index contributed by atoms with van der Waals surface area (Å²) >= 11 is 3.62. The van der Waals surface area contributed by atoms with Gasteiger partial charge in [0.25, 0.3) is 0 Å². The lowest BCUT2D eigenvalue weighted by molar-refractivity contribution is 0.233. The van der Waals surface area contributed by atoms with Crippen molar-refractivity contribution in [2.75, 3.05) is 0 Å². The van der Waals surface area contributed by atoms with Crippen LogP contribution in [0, 0.1) is 5.92 Å². The van der Waals surface area contributed by atoms with Crippen LogP contribution in [0.3, 0.4) is 0 Å². The van der Waals surface area contributed by atoms with Gasteiger partial charge in [-0.25, -0.2) is 0 Å². The lowest BCUT2D eigenvalue weighted by atomic mass is 9.76. The molecule has 10 heavy (non-hydrogen) atoms. The maximum absolute atomic E-state index is 6.06. The van der Waals surface area contributed by atoms with Gasteiger partial charge in [0.15, 0.2) is 0 Å². The number of rotatable bonds is 0. The van der Waals surface area contributed by atoms with E-state index < -0.39 is 0 Å². The minimum atomic E-state index is 0.0876. The number of hydrogen-bond donors (Lipinski definition) is 1. The number of halogens is 1. The molecule has 0 aromatic rings. The van der Waals surface area contributed by atoms with Crippen molar-refractivity contribution in [3.63, 3.8) is 0 Å². The number of nitrogens with two attached hydrogens (primary N) is 1. The standard InChI is InChI=1S/C8H16BrN/c1-6-5-7(9)3-4-8(6,2)10/h6-7H,3-5,10H2,1-2H3/t6-,7?,8?/m0/s1. The van der Waals surface area contributed by atoms with Gasteiger partial charge in [0.1, 0.15) is 0 Å². The van der Waals surface area contributed by atoms with Gasteiger partial charge in [0.05, 0.1) is 0 Å². The van der Waals surface area contributed by atoms with Crippen LogP contribution in [0.4, 0.5) is 0 Å². The molecule has 1 aliphatic carbocycles. The van der Waals surface area contributed by atoms with Crippen LogP contribution in [-0.2, 0) is 0 Å². The first-order valence-corrected chi connectivity index (χ1v) is 4.87. The third kappa shape index (κ3) is 1.73. The molecule has 1 fully saturated rings. The second kappa shape index (κ2) is 2.82. The van der Waals surface area contributed by atoms with Gasteiger partial charge in [-0.15, -0.1) is 0 Å². The summed E-state index contributed by atoms with van der Waals surface area (Å²) < 4.78 is 0. The van der Waals surface area contributed by atoms with Gasteiger partial charge < -0.3 is 5.73 Å². The van der Waals surface area contributed by atoms with Gasteiger partial charge in [-0.2, -0.15) is 0 Å². The summed E-state index contributed by atoms with van der Waals surface area (Å²) in [6, 6.07) is 0. The first-order chi connectivity index (χ1) is 4.52. The maximum atomic E-state index is 6.06. The average Bonchev–Trinajstić information content (AvgIpc) is 1.81. The molecule has 1 rings (SSSR count). The van der Waals surface area contributed by atoms with Crippen LogP contribution >= 0.6 is 15.9 Å². The molecule has 3 atom stereocenters. The van der Waals surface area contributed by atoms with Gasteiger partial charge in [-0.1, -0.05) is 22.9 Å². The van der Waals surface area contributed by atoms with Crippen molar-refractivity contribution in [3.05, 3.63) is 0 Å². The Hall–Kier alpha value is 0.440. The molecule has 0 saturated heterocycles. The Bertz CT molecular complexity index is 122. The van der Waals surface area contributed by atoms with E-state index in [4.69, 9.17) is 5.73 Å². The Balaban J connectivity index is 2.52. The molecule has 0 bridgehead atoms. The van der Waals surface area contributed by atoms with Crippen LogP contribution in [0.15, 0.2) is 0 Å². The molecule has 0 amide bonds. The quantitative estimate of drug-likeness (QED) is 0.604. The van der Waals surface area contributed by atoms with Gasteiger partial charge in [0, 0.05) is 10.4 Å². The van der Waals surface area contributed by atoms with Crippen molar-refractivity contribution >= 4 is 15.9 Å². The van der Waals surface area contributed by atoms with Crippen LogP contribution in [0.2, 0.25) is 0 Å². The summed E-state index contributed by atoms with van der Waals surface area (Å²) in [4.78, 5) is 0.708. The van der Waals surface area contributed by atoms with Crippen molar-refractivity contribution in [1.82, 2.24) is 0 Å². The third-order valence-electron chi connectivity index (χ3n) is 2.73. The minimum absolute atomic E-state index is 0.0876. The average molecular weight is 206 g/mol. The summed E-state index contributed by atoms with van der Waals surface area (Å²) in [7, 11) is 0. The van der Waals surface area contributed by atoms with Gasteiger partial charge in [-0.3, -0.25) is 0 Å². The predicted octanol–water partition coefficient (Wildman–Crippen LogP) is 2.29. The summed E-state index contributed by atoms with van der Waals surface area (Å²) in [6.45, 7) is 4.41. The van der Waals surface area contributed by atoms with E-state index >= 15 is 0 Å². The first-order valence-electron chi connectivity index (χ1n) is 3.95. The smallest absolute Gasteiger partial charge is 0.0152 e. The molecule has 0 aromatic heterocycles. The molecule has 0 radical (unpaired) electrons. The molecule has 1 nitrogen and oxygen atoms in total. The molecule has 60 valence electrons. The maximum Gasteiger partial charge on any atom is 0.0152 e. The number of hydrogen-bond acceptors (Lipinski definition) is 1. The molecule has 2 unspecified atom stereocenters. The topological polar surface area (TPSA) is 26.0 Å². The summed E-state index contributed by atoms with van der Waals surface area (Å²) in [6.07, 6.45) is 3.62. The van der Waals surface area contributed by atoms with E-state index in [0.717, 1.165) is 6.42 Å². The molecule has 0 aliphatic heterocycles. The van der Waals surface area contributed by atoms with Crippen LogP contribution in [0.1, 0.15) is 33.1 Å². The lowest BCUT2D eigenvalue weighted by Crippen LogP contribution is -2.47. The highest BCUT2D eigenvalue weighted by molar-refractivity contribution is 9.09. The fourth-order valence-corrected chi connectivity index (χ4v) is 2.27. The molecule has 0 spiro atoms. The molecular formula is C8H16BrN. The predicted molar refractivity (Wildman–Crippen MR) is 48.3 cm³/mol. The van der Waals surface area contributed by atoms with Crippen molar-refractivity contribution in [3.8, 4) is 0 Å². The van der Waals surface area contributed by atoms with Crippen LogP contribution in [0.25, 0.3) is 0 Å². The number of alkyl halides is 1. The van der Waals surface area contributed by atoms with Crippen molar-refractivity contribution in [2.45, 2.75) is 43.5 Å². The van der Waals surface area contributed by atoms with E-state index in [-0.39, 0.29) is 5.54 Å². The molecule has 1 saturated carbocycles. The molecule has 0 aromatic carbocycles. The molecular weight excluding hydrogens is 190 g/mol. The second-order valence-corrected chi connectivity index (χ2v) is 5.07. The minimum Gasteiger partial charge on any atom is -0.325 e. The van der Waals surface area contributed by atoms with E-state index in [2.05, 4.69) is 29.8 Å². The van der Waals surface area contributed by atoms with Crippen molar-refractivity contribution in [1.29, 1.82) is 0 Å². The Morgan fingerprint density at radius 2 is 2.20 bits per heavy atom. The Morgan fingerprint density at radius 1 is 1.60 bits per heavy atom. The zero-order valence-electron chi connectivity index (χ0n) is 6.73. The van der Waals surface area contributed by atoms with Crippen LogP contribution in [0.5, 0.6) is 0 Å². The summed E-state index contributed by atoms with van der Waals surface area (Å²) in [5.74, 6) is 0.658. The zero-order chi connectivity index (χ0) is 7.78. The van der Waals surface area contributed by atoms with Gasteiger partial charge in [0.2, 0.25) is 0 Å². The molecule has 2 heteroatoms. The Kier molecular flexibility index (Phi) is 2.41. The van der Waals surface area contributed by atoms with E-state index in [0.29, 0.717) is 10.7 Å². The Labute approximate surface area is 71.5 Å². The van der Waals surface area contributed by atoms with Crippen molar-refractivity contribution in [2.24, 2.45) is 11.7 Å². The largest absolute Gasteiger partial charge is 0.325 e. The van der Waals surface area contributed by atoms with E-state index in [1.807, 2.05) is 0 Å². The zero-order valence-corrected chi connectivity index (χ0v) is 8.32. The highest BCUT2D eigenvalue weighted by atomic mass is 79.9. The highest BCUT2D eigenvalue weighted by Crippen LogP contribution is 2.34. The Morgan fingerprint density at radius 3 is 2.60 bits per heavy atom. The van der Waals surface area contributed by atoms with Crippen LogP contribution < -0.4 is 5.73 Å². The SMILES string of the molecule is C[C@H]1CC(Br)CCC1(C)N. The van der Waals surface area contributed by atoms with Gasteiger partial charge in [-0.05, 0) is 32.1 Å². The van der Waals surface area contributed by atoms with Gasteiger partial charge >= 0.3 is 0 Å². The molecule has 2 N–H and O–H groups in total. The molecule has 1 aliphatic rings. The third-order valence-corrected chi connectivity index (χ3v) is 3.56.